The molecule has 1 nitrogen and oxygen atoms in total. The average Bonchev–Trinajstić information content (AvgIpc) is 2.38. The van der Waals surface area contributed by atoms with Crippen LogP contribution in [0.4, 0.5) is 0 Å². The first-order valence-corrected chi connectivity index (χ1v) is 7.36. The summed E-state index contributed by atoms with van der Waals surface area (Å²) in [6, 6.07) is 8.55. The van der Waals surface area contributed by atoms with E-state index in [-0.39, 0.29) is 6.10 Å². The second-order valence-electron chi connectivity index (χ2n) is 6.30. The molecule has 100 valence electrons. The molecule has 1 aliphatic carbocycles. The van der Waals surface area contributed by atoms with Crippen LogP contribution in [-0.2, 0) is 0 Å². The van der Waals surface area contributed by atoms with E-state index in [1.54, 1.807) is 0 Å². The molecule has 3 atom stereocenters. The summed E-state index contributed by atoms with van der Waals surface area (Å²) < 4.78 is 0. The third-order valence-electron chi connectivity index (χ3n) is 4.37. The van der Waals surface area contributed by atoms with Gasteiger partial charge in [-0.3, -0.25) is 0 Å². The van der Waals surface area contributed by atoms with Crippen molar-refractivity contribution in [2.24, 2.45) is 11.8 Å². The zero-order chi connectivity index (χ0) is 13.1. The van der Waals surface area contributed by atoms with Crippen LogP contribution in [0, 0.1) is 11.8 Å². The van der Waals surface area contributed by atoms with E-state index in [0.29, 0.717) is 11.8 Å². The predicted octanol–water partition coefficient (Wildman–Crippen LogP) is 4.67. The molecule has 0 aliphatic heterocycles. The maximum Gasteiger partial charge on any atom is 0.0818 e. The quantitative estimate of drug-likeness (QED) is 0.821. The maximum absolute atomic E-state index is 10.5. The molecule has 1 aliphatic rings. The van der Waals surface area contributed by atoms with Crippen LogP contribution >= 0.6 is 0 Å². The van der Waals surface area contributed by atoms with Gasteiger partial charge in [-0.1, -0.05) is 57.9 Å². The summed E-state index contributed by atoms with van der Waals surface area (Å²) in [4.78, 5) is 0. The Morgan fingerprint density at radius 3 is 2.22 bits per heavy atom. The fourth-order valence-electron chi connectivity index (χ4n) is 3.12. The number of benzene rings is 1. The molecule has 1 saturated carbocycles. The summed E-state index contributed by atoms with van der Waals surface area (Å²) in [6.07, 6.45) is 4.68. The Hall–Kier alpha value is -0.820. The summed E-state index contributed by atoms with van der Waals surface area (Å²) in [5, 5.41) is 10.5. The summed E-state index contributed by atoms with van der Waals surface area (Å²) in [7, 11) is 0. The fourth-order valence-corrected chi connectivity index (χ4v) is 3.12. The van der Waals surface area contributed by atoms with Gasteiger partial charge >= 0.3 is 0 Å². The van der Waals surface area contributed by atoms with Crippen molar-refractivity contribution >= 4 is 0 Å². The van der Waals surface area contributed by atoms with Crippen molar-refractivity contribution in [1.82, 2.24) is 0 Å². The van der Waals surface area contributed by atoms with Gasteiger partial charge in [0.25, 0.3) is 0 Å². The number of aliphatic hydroxyl groups is 1. The van der Waals surface area contributed by atoms with Crippen LogP contribution in [0.1, 0.15) is 69.6 Å². The highest BCUT2D eigenvalue weighted by atomic mass is 16.3. The van der Waals surface area contributed by atoms with Gasteiger partial charge in [0, 0.05) is 0 Å². The number of hydrogen-bond acceptors (Lipinski definition) is 1. The number of aliphatic hydroxyl groups excluding tert-OH is 1. The van der Waals surface area contributed by atoms with Gasteiger partial charge in [-0.05, 0) is 41.7 Å². The van der Waals surface area contributed by atoms with Crippen molar-refractivity contribution in [2.45, 2.75) is 58.5 Å². The summed E-state index contributed by atoms with van der Waals surface area (Å²) in [5.74, 6) is 1.79. The van der Waals surface area contributed by atoms with E-state index in [9.17, 15) is 5.11 Å². The normalized spacial score (nSPS) is 26.3. The van der Waals surface area contributed by atoms with E-state index >= 15 is 0 Å². The van der Waals surface area contributed by atoms with Crippen molar-refractivity contribution in [3.8, 4) is 0 Å². The molecule has 1 aromatic carbocycles. The highest BCUT2D eigenvalue weighted by Gasteiger charge is 2.26. The fraction of sp³-hybridized carbons (Fsp3) is 0.647. The average molecular weight is 246 g/mol. The van der Waals surface area contributed by atoms with Gasteiger partial charge in [-0.15, -0.1) is 0 Å². The molecule has 1 heteroatoms. The third-order valence-corrected chi connectivity index (χ3v) is 4.37. The molecular weight excluding hydrogens is 220 g/mol. The highest BCUT2D eigenvalue weighted by Crippen LogP contribution is 2.37. The number of rotatable bonds is 3. The van der Waals surface area contributed by atoms with E-state index < -0.39 is 0 Å². The van der Waals surface area contributed by atoms with Crippen LogP contribution in [0.2, 0.25) is 0 Å². The minimum absolute atomic E-state index is 0.269. The van der Waals surface area contributed by atoms with Crippen molar-refractivity contribution < 1.29 is 5.11 Å². The lowest BCUT2D eigenvalue weighted by Gasteiger charge is -2.30. The van der Waals surface area contributed by atoms with Crippen LogP contribution in [0.5, 0.6) is 0 Å². The van der Waals surface area contributed by atoms with Crippen LogP contribution in [0.3, 0.4) is 0 Å². The van der Waals surface area contributed by atoms with Crippen molar-refractivity contribution in [3.63, 3.8) is 0 Å². The van der Waals surface area contributed by atoms with Crippen LogP contribution in [0.25, 0.3) is 0 Å². The molecular formula is C17H26O. The second kappa shape index (κ2) is 5.88. The topological polar surface area (TPSA) is 20.2 Å². The van der Waals surface area contributed by atoms with Crippen LogP contribution in [0.15, 0.2) is 24.3 Å². The van der Waals surface area contributed by atoms with Gasteiger partial charge in [-0.25, -0.2) is 0 Å². The minimum Gasteiger partial charge on any atom is -0.388 e. The smallest absolute Gasteiger partial charge is 0.0818 e. The highest BCUT2D eigenvalue weighted by molar-refractivity contribution is 5.26. The largest absolute Gasteiger partial charge is 0.388 e. The number of hydrogen-bond donors (Lipinski definition) is 1. The Morgan fingerprint density at radius 1 is 1.06 bits per heavy atom. The minimum atomic E-state index is -0.269. The van der Waals surface area contributed by atoms with E-state index in [1.165, 1.54) is 31.2 Å². The Balaban J connectivity index is 2.05. The molecule has 0 aromatic heterocycles. The first kappa shape index (κ1) is 13.6. The van der Waals surface area contributed by atoms with Gasteiger partial charge in [-0.2, -0.15) is 0 Å². The van der Waals surface area contributed by atoms with Crippen LogP contribution < -0.4 is 0 Å². The lowest BCUT2D eigenvalue weighted by atomic mass is 9.78. The molecule has 0 radical (unpaired) electrons. The van der Waals surface area contributed by atoms with E-state index in [1.807, 2.05) is 0 Å². The Kier molecular flexibility index (Phi) is 4.45. The molecule has 0 amide bonds. The second-order valence-corrected chi connectivity index (χ2v) is 6.30. The standard InChI is InChI=1S/C17H26O/c1-12(2)14-7-9-15(10-8-14)17(18)16-6-4-5-13(3)11-16/h7-10,12-13,16-18H,4-6,11H2,1-3H3. The third kappa shape index (κ3) is 3.14. The molecule has 18 heavy (non-hydrogen) atoms. The van der Waals surface area contributed by atoms with Gasteiger partial charge in [0.15, 0.2) is 0 Å². The van der Waals surface area contributed by atoms with E-state index in [0.717, 1.165) is 11.5 Å². The Morgan fingerprint density at radius 2 is 1.67 bits per heavy atom. The maximum atomic E-state index is 10.5. The zero-order valence-electron chi connectivity index (χ0n) is 11.9. The molecule has 1 N–H and O–H groups in total. The van der Waals surface area contributed by atoms with Crippen molar-refractivity contribution in [3.05, 3.63) is 35.4 Å². The van der Waals surface area contributed by atoms with Gasteiger partial charge in [0.05, 0.1) is 6.10 Å². The zero-order valence-corrected chi connectivity index (χ0v) is 11.9. The first-order chi connectivity index (χ1) is 8.58. The van der Waals surface area contributed by atoms with Gasteiger partial charge in [0.1, 0.15) is 0 Å². The van der Waals surface area contributed by atoms with Crippen molar-refractivity contribution in [2.75, 3.05) is 0 Å². The Bertz CT molecular complexity index is 366. The molecule has 1 fully saturated rings. The van der Waals surface area contributed by atoms with Gasteiger partial charge < -0.3 is 5.11 Å². The Labute approximate surface area is 111 Å². The summed E-state index contributed by atoms with van der Waals surface area (Å²) in [6.45, 7) is 6.71. The molecule has 0 spiro atoms. The summed E-state index contributed by atoms with van der Waals surface area (Å²) >= 11 is 0. The first-order valence-electron chi connectivity index (χ1n) is 7.36. The lowest BCUT2D eigenvalue weighted by molar-refractivity contribution is 0.0714. The molecule has 3 unspecified atom stereocenters. The lowest BCUT2D eigenvalue weighted by Crippen LogP contribution is -2.20. The monoisotopic (exact) mass is 246 g/mol. The molecule has 1 aromatic rings. The summed E-state index contributed by atoms with van der Waals surface area (Å²) in [5.41, 5.74) is 2.45. The SMILES string of the molecule is CC1CCCC(C(O)c2ccc(C(C)C)cc2)C1. The van der Waals surface area contributed by atoms with Crippen LogP contribution in [-0.4, -0.2) is 5.11 Å². The van der Waals surface area contributed by atoms with Gasteiger partial charge in [0.2, 0.25) is 0 Å². The molecule has 0 saturated heterocycles. The molecule has 0 bridgehead atoms. The van der Waals surface area contributed by atoms with E-state index in [2.05, 4.69) is 45.0 Å². The predicted molar refractivity (Wildman–Crippen MR) is 76.6 cm³/mol. The molecule has 2 rings (SSSR count). The van der Waals surface area contributed by atoms with E-state index in [4.69, 9.17) is 0 Å². The van der Waals surface area contributed by atoms with Crippen molar-refractivity contribution in [1.29, 1.82) is 0 Å². The molecule has 0 heterocycles.